The number of carbonyl (C=O) groups excluding carboxylic acids is 1. The van der Waals surface area contributed by atoms with Gasteiger partial charge in [0.2, 0.25) is 0 Å². The monoisotopic (exact) mass is 392 g/mol. The molecule has 2 fully saturated rings. The predicted octanol–water partition coefficient (Wildman–Crippen LogP) is 3.90. The van der Waals surface area contributed by atoms with Gasteiger partial charge in [0.1, 0.15) is 5.69 Å². The molecule has 1 aromatic heterocycles. The summed E-state index contributed by atoms with van der Waals surface area (Å²) in [5.74, 6) is 0.766. The molecule has 1 amide bonds. The normalized spacial score (nSPS) is 20.1. The number of carbonyl (C=O) groups is 1. The Kier molecular flexibility index (Phi) is 5.74. The maximum absolute atomic E-state index is 12.9. The summed E-state index contributed by atoms with van der Waals surface area (Å²) < 4.78 is 0. The number of benzene rings is 1. The smallest absolute Gasteiger partial charge is 0.272 e. The molecule has 2 aliphatic rings. The molecule has 0 saturated carbocycles. The van der Waals surface area contributed by atoms with E-state index >= 15 is 0 Å². The second kappa shape index (κ2) is 8.44. The summed E-state index contributed by atoms with van der Waals surface area (Å²) in [5.41, 5.74) is 5.62. The van der Waals surface area contributed by atoms with E-state index in [1.54, 1.807) is 0 Å². The van der Waals surface area contributed by atoms with Crippen molar-refractivity contribution in [2.75, 3.05) is 49.1 Å². The first-order valence-electron chi connectivity index (χ1n) is 10.8. The molecule has 2 aliphatic heterocycles. The third kappa shape index (κ3) is 4.24. The van der Waals surface area contributed by atoms with E-state index in [0.717, 1.165) is 50.9 Å². The quantitative estimate of drug-likeness (QED) is 0.794. The highest BCUT2D eigenvalue weighted by molar-refractivity contribution is 5.92. The van der Waals surface area contributed by atoms with E-state index < -0.39 is 0 Å². The number of aryl methyl sites for hydroxylation is 1. The van der Waals surface area contributed by atoms with Crippen LogP contribution >= 0.6 is 0 Å². The molecule has 5 heteroatoms. The third-order valence-corrected chi connectivity index (χ3v) is 6.47. The highest BCUT2D eigenvalue weighted by Gasteiger charge is 2.24. The summed E-state index contributed by atoms with van der Waals surface area (Å²) in [6.07, 6.45) is 4.40. The summed E-state index contributed by atoms with van der Waals surface area (Å²) in [4.78, 5) is 24.2. The molecule has 1 atom stereocenters. The largest absolute Gasteiger partial charge is 0.370 e. The molecule has 0 bridgehead atoms. The second-order valence-electron chi connectivity index (χ2n) is 8.59. The van der Waals surface area contributed by atoms with Gasteiger partial charge in [-0.25, -0.2) is 4.98 Å². The van der Waals surface area contributed by atoms with Crippen LogP contribution in [0, 0.1) is 19.8 Å². The third-order valence-electron chi connectivity index (χ3n) is 6.47. The van der Waals surface area contributed by atoms with Gasteiger partial charge in [-0.3, -0.25) is 4.79 Å². The number of anilines is 2. The number of amides is 1. The summed E-state index contributed by atoms with van der Waals surface area (Å²) >= 11 is 0. The van der Waals surface area contributed by atoms with E-state index in [9.17, 15) is 4.79 Å². The van der Waals surface area contributed by atoms with Crippen LogP contribution in [-0.4, -0.2) is 55.1 Å². The topological polar surface area (TPSA) is 39.7 Å². The average Bonchev–Trinajstić information content (AvgIpc) is 2.75. The number of nitrogens with zero attached hydrogens (tertiary/aromatic N) is 4. The van der Waals surface area contributed by atoms with Crippen LogP contribution in [0.15, 0.2) is 36.5 Å². The number of aromatic nitrogens is 1. The molecule has 0 radical (unpaired) electrons. The lowest BCUT2D eigenvalue weighted by molar-refractivity contribution is 0.0741. The van der Waals surface area contributed by atoms with Crippen LogP contribution in [0.3, 0.4) is 0 Å². The van der Waals surface area contributed by atoms with Crippen LogP contribution in [-0.2, 0) is 0 Å². The van der Waals surface area contributed by atoms with E-state index in [1.165, 1.54) is 29.7 Å². The van der Waals surface area contributed by atoms with Crippen molar-refractivity contribution in [2.24, 2.45) is 5.92 Å². The molecule has 1 aromatic carbocycles. The van der Waals surface area contributed by atoms with Crippen molar-refractivity contribution in [3.63, 3.8) is 0 Å². The van der Waals surface area contributed by atoms with Gasteiger partial charge in [-0.2, -0.15) is 0 Å². The predicted molar refractivity (Wildman–Crippen MR) is 119 cm³/mol. The van der Waals surface area contributed by atoms with E-state index in [2.05, 4.69) is 59.8 Å². The molecule has 0 spiro atoms. The fraction of sp³-hybridized carbons (Fsp3) is 0.500. The van der Waals surface area contributed by atoms with Crippen molar-refractivity contribution in [3.05, 3.63) is 53.3 Å². The Balaban J connectivity index is 1.37. The molecular formula is C24H32N4O. The van der Waals surface area contributed by atoms with Crippen molar-refractivity contribution >= 4 is 17.3 Å². The molecule has 3 heterocycles. The minimum atomic E-state index is 0.0455. The molecule has 0 aliphatic carbocycles. The number of pyridine rings is 1. The maximum Gasteiger partial charge on any atom is 0.272 e. The minimum Gasteiger partial charge on any atom is -0.370 e. The van der Waals surface area contributed by atoms with Gasteiger partial charge in [-0.1, -0.05) is 19.1 Å². The lowest BCUT2D eigenvalue weighted by atomic mass is 10.00. The Morgan fingerprint density at radius 1 is 1.00 bits per heavy atom. The van der Waals surface area contributed by atoms with Gasteiger partial charge in [-0.15, -0.1) is 0 Å². The highest BCUT2D eigenvalue weighted by atomic mass is 16.2. The first-order chi connectivity index (χ1) is 14.0. The lowest BCUT2D eigenvalue weighted by Gasteiger charge is -2.37. The Labute approximate surface area is 174 Å². The van der Waals surface area contributed by atoms with Crippen molar-refractivity contribution in [1.82, 2.24) is 9.88 Å². The van der Waals surface area contributed by atoms with Gasteiger partial charge in [0.25, 0.3) is 5.91 Å². The highest BCUT2D eigenvalue weighted by Crippen LogP contribution is 2.25. The van der Waals surface area contributed by atoms with Gasteiger partial charge in [0.05, 0.1) is 11.9 Å². The SMILES string of the molecule is Cc1cccc(N2CCN(C(=O)c3ccc(N4CCCC(C)C4)cn3)CC2)c1C. The Bertz CT molecular complexity index is 856. The van der Waals surface area contributed by atoms with Crippen LogP contribution in [0.25, 0.3) is 0 Å². The number of piperazine rings is 1. The van der Waals surface area contributed by atoms with Crippen LogP contribution < -0.4 is 9.80 Å². The zero-order valence-corrected chi connectivity index (χ0v) is 17.9. The Hall–Kier alpha value is -2.56. The summed E-state index contributed by atoms with van der Waals surface area (Å²) in [7, 11) is 0. The van der Waals surface area contributed by atoms with Crippen LogP contribution in [0.2, 0.25) is 0 Å². The van der Waals surface area contributed by atoms with Gasteiger partial charge < -0.3 is 14.7 Å². The van der Waals surface area contributed by atoms with E-state index in [1.807, 2.05) is 17.2 Å². The lowest BCUT2D eigenvalue weighted by Crippen LogP contribution is -2.49. The molecular weight excluding hydrogens is 360 g/mol. The van der Waals surface area contributed by atoms with Crippen LogP contribution in [0.5, 0.6) is 0 Å². The van der Waals surface area contributed by atoms with E-state index in [-0.39, 0.29) is 5.91 Å². The van der Waals surface area contributed by atoms with Gasteiger partial charge in [-0.05, 0) is 61.9 Å². The maximum atomic E-state index is 12.9. The van der Waals surface area contributed by atoms with Gasteiger partial charge in [0, 0.05) is 45.0 Å². The van der Waals surface area contributed by atoms with E-state index in [0.29, 0.717) is 5.69 Å². The zero-order valence-electron chi connectivity index (χ0n) is 17.9. The fourth-order valence-corrected chi connectivity index (χ4v) is 4.51. The van der Waals surface area contributed by atoms with Gasteiger partial charge in [0.15, 0.2) is 0 Å². The molecule has 5 nitrogen and oxygen atoms in total. The standard InChI is InChI=1S/C24H32N4O/c1-18-6-5-11-28(17-18)21-9-10-22(25-16-21)24(29)27-14-12-26(13-15-27)23-8-4-7-19(2)20(23)3/h4,7-10,16,18H,5-6,11-15,17H2,1-3H3. The first kappa shape index (κ1) is 19.7. The average molecular weight is 393 g/mol. The molecule has 29 heavy (non-hydrogen) atoms. The van der Waals surface area contributed by atoms with Gasteiger partial charge >= 0.3 is 0 Å². The molecule has 154 valence electrons. The zero-order chi connectivity index (χ0) is 20.4. The Morgan fingerprint density at radius 3 is 2.48 bits per heavy atom. The molecule has 0 N–H and O–H groups in total. The number of hydrogen-bond donors (Lipinski definition) is 0. The molecule has 2 aromatic rings. The van der Waals surface area contributed by atoms with Crippen molar-refractivity contribution in [3.8, 4) is 0 Å². The number of hydrogen-bond acceptors (Lipinski definition) is 4. The van der Waals surface area contributed by atoms with Crippen molar-refractivity contribution < 1.29 is 4.79 Å². The van der Waals surface area contributed by atoms with Crippen LogP contribution in [0.1, 0.15) is 41.4 Å². The summed E-state index contributed by atoms with van der Waals surface area (Å²) in [6, 6.07) is 10.4. The number of rotatable bonds is 3. The van der Waals surface area contributed by atoms with Crippen LogP contribution in [0.4, 0.5) is 11.4 Å². The van der Waals surface area contributed by atoms with Crippen molar-refractivity contribution in [2.45, 2.75) is 33.6 Å². The summed E-state index contributed by atoms with van der Waals surface area (Å²) in [5, 5.41) is 0. The first-order valence-corrected chi connectivity index (χ1v) is 10.8. The second-order valence-corrected chi connectivity index (χ2v) is 8.59. The Morgan fingerprint density at radius 2 is 1.79 bits per heavy atom. The summed E-state index contributed by atoms with van der Waals surface area (Å²) in [6.45, 7) is 12.0. The minimum absolute atomic E-state index is 0.0455. The molecule has 2 saturated heterocycles. The molecule has 1 unspecified atom stereocenters. The fourth-order valence-electron chi connectivity index (χ4n) is 4.51. The molecule has 4 rings (SSSR count). The number of piperidine rings is 1. The van der Waals surface area contributed by atoms with E-state index in [4.69, 9.17) is 0 Å². The van der Waals surface area contributed by atoms with Crippen molar-refractivity contribution in [1.29, 1.82) is 0 Å².